The van der Waals surface area contributed by atoms with Crippen LogP contribution in [0.3, 0.4) is 0 Å². The van der Waals surface area contributed by atoms with Crippen LogP contribution in [-0.2, 0) is 13.4 Å². The van der Waals surface area contributed by atoms with Gasteiger partial charge in [-0.25, -0.2) is 0 Å². The van der Waals surface area contributed by atoms with Gasteiger partial charge in [0.15, 0.2) is 0 Å². The molecule has 0 saturated carbocycles. The van der Waals surface area contributed by atoms with Crippen LogP contribution in [0.25, 0.3) is 0 Å². The minimum absolute atomic E-state index is 1.51. The summed E-state index contributed by atoms with van der Waals surface area (Å²) in [6, 6.07) is 0. The summed E-state index contributed by atoms with van der Waals surface area (Å²) in [7, 11) is -4.24. The molecule has 0 aromatic heterocycles. The fraction of sp³-hybridized carbons (Fsp3) is 0.500. The van der Waals surface area contributed by atoms with Crippen LogP contribution in [0.1, 0.15) is 0 Å². The minimum atomic E-state index is -4.24. The summed E-state index contributed by atoms with van der Waals surface area (Å²) >= 11 is 6.93. The number of alkyl halides is 1. The first-order valence-electron chi connectivity index (χ1n) is 1.91. The molecule has 0 aromatic rings. The number of halogens is 2. The van der Waals surface area contributed by atoms with Crippen molar-refractivity contribution in [3.8, 4) is 0 Å². The number of rotatable bonds is 3. The Bertz CT molecular complexity index is 182. The highest BCUT2D eigenvalue weighted by Crippen LogP contribution is 2.51. The minimum Gasteiger partial charge on any atom is -0.480 e. The van der Waals surface area contributed by atoms with E-state index >= 15 is 0 Å². The summed E-state index contributed by atoms with van der Waals surface area (Å²) in [5.41, 5.74) is 0. The highest BCUT2D eigenvalue weighted by atomic mass is 79.9. The van der Waals surface area contributed by atoms with E-state index in [2.05, 4.69) is 31.9 Å². The predicted molar refractivity (Wildman–Crippen MR) is 37.1 cm³/mol. The first-order chi connectivity index (χ1) is 4.41. The summed E-state index contributed by atoms with van der Waals surface area (Å²) < 4.78 is 12.3. The molecule has 0 aliphatic carbocycles. The van der Waals surface area contributed by atoms with Gasteiger partial charge >= 0.3 is 13.6 Å². The van der Waals surface area contributed by atoms with Crippen LogP contribution in [0.5, 0.6) is 0 Å². The predicted octanol–water partition coefficient (Wildman–Crippen LogP) is 1.15. The Hall–Kier alpha value is 0.390. The zero-order chi connectivity index (χ0) is 8.36. The van der Waals surface area contributed by atoms with Gasteiger partial charge in [-0.2, -0.15) is 4.08 Å². The Labute approximate surface area is 69.8 Å². The van der Waals surface area contributed by atoms with Crippen LogP contribution < -0.4 is 0 Å². The Morgan fingerprint density at radius 3 is 2.30 bits per heavy atom. The van der Waals surface area contributed by atoms with Crippen molar-refractivity contribution in [3.05, 3.63) is 0 Å². The van der Waals surface area contributed by atoms with E-state index in [1.54, 1.807) is 0 Å². The summed E-state index contributed by atoms with van der Waals surface area (Å²) in [6.07, 6.45) is 0. The molecule has 8 heteroatoms. The lowest BCUT2D eigenvalue weighted by atomic mass is 10.8. The Morgan fingerprint density at radius 1 is 1.80 bits per heavy atom. The molecule has 0 saturated heterocycles. The average Bonchev–Trinajstić information content (AvgIpc) is 1.86. The molecule has 0 aliphatic heterocycles. The van der Waals surface area contributed by atoms with Gasteiger partial charge in [0.2, 0.25) is 4.57 Å². The number of aliphatic carboxylic acids is 1. The second-order valence-corrected chi connectivity index (χ2v) is 5.13. The van der Waals surface area contributed by atoms with E-state index in [1.807, 2.05) is 0 Å². The van der Waals surface area contributed by atoms with Crippen LogP contribution >= 0.6 is 35.4 Å². The van der Waals surface area contributed by atoms with E-state index in [1.165, 1.54) is 0 Å². The highest BCUT2D eigenvalue weighted by molar-refractivity contribution is 9.11. The van der Waals surface area contributed by atoms with Crippen molar-refractivity contribution in [2.24, 2.45) is 0 Å². The van der Waals surface area contributed by atoms with Crippen molar-refractivity contribution in [2.75, 3.05) is 0 Å². The summed E-state index contributed by atoms with van der Waals surface area (Å²) in [5, 5.41) is 8.13. The third-order valence-corrected chi connectivity index (χ3v) is 4.12. The van der Waals surface area contributed by atoms with E-state index in [0.29, 0.717) is 0 Å². The van der Waals surface area contributed by atoms with Crippen molar-refractivity contribution in [1.82, 2.24) is 0 Å². The van der Waals surface area contributed by atoms with E-state index < -0.39 is 18.1 Å². The van der Waals surface area contributed by atoms with Crippen LogP contribution in [-0.4, -0.2) is 20.5 Å². The Kier molecular flexibility index (Phi) is 3.83. The summed E-state index contributed by atoms with van der Waals surface area (Å²) in [4.78, 5) is 18.5. The van der Waals surface area contributed by atoms with Crippen molar-refractivity contribution in [2.45, 2.75) is 4.57 Å². The van der Waals surface area contributed by atoms with Crippen molar-refractivity contribution in [3.63, 3.8) is 0 Å². The second kappa shape index (κ2) is 3.69. The van der Waals surface area contributed by atoms with E-state index in [4.69, 9.17) is 10.00 Å². The molecular formula is C2H3BrClO5P. The molecular weight excluding hydrogens is 250 g/mol. The molecule has 5 nitrogen and oxygen atoms in total. The van der Waals surface area contributed by atoms with Crippen molar-refractivity contribution >= 4 is 41.4 Å². The summed E-state index contributed by atoms with van der Waals surface area (Å²) in [6.45, 7) is 0. The average molecular weight is 253 g/mol. The van der Waals surface area contributed by atoms with Gasteiger partial charge in [-0.3, -0.25) is 9.36 Å². The van der Waals surface area contributed by atoms with Gasteiger partial charge in [-0.1, -0.05) is 15.9 Å². The molecule has 60 valence electrons. The van der Waals surface area contributed by atoms with Crippen LogP contribution in [0, 0.1) is 0 Å². The molecule has 0 spiro atoms. The number of carboxylic acid groups (broad SMARTS) is 1. The maximum absolute atomic E-state index is 10.5. The van der Waals surface area contributed by atoms with Gasteiger partial charge in [0, 0.05) is 0 Å². The largest absolute Gasteiger partial charge is 0.480 e. The van der Waals surface area contributed by atoms with Crippen molar-refractivity contribution < 1.29 is 23.4 Å². The van der Waals surface area contributed by atoms with Gasteiger partial charge in [-0.05, 0) is 0 Å². The number of carbonyl (C=O) groups is 1. The molecule has 0 heterocycles. The lowest BCUT2D eigenvalue weighted by molar-refractivity contribution is -0.134. The Morgan fingerprint density at radius 2 is 2.20 bits per heavy atom. The molecule has 2 unspecified atom stereocenters. The third-order valence-electron chi connectivity index (χ3n) is 0.589. The number of hydrogen-bond donors (Lipinski definition) is 2. The molecule has 0 amide bonds. The smallest absolute Gasteiger partial charge is 0.369 e. The lowest BCUT2D eigenvalue weighted by Crippen LogP contribution is -2.12. The maximum atomic E-state index is 10.5. The zero-order valence-corrected chi connectivity index (χ0v) is 7.64. The van der Waals surface area contributed by atoms with E-state index in [-0.39, 0.29) is 0 Å². The molecule has 0 aliphatic rings. The Balaban J connectivity index is 4.33. The number of hydrogen-bond acceptors (Lipinski definition) is 3. The monoisotopic (exact) mass is 252 g/mol. The molecule has 0 aromatic carbocycles. The first-order valence-corrected chi connectivity index (χ1v) is 4.78. The summed E-state index contributed by atoms with van der Waals surface area (Å²) in [5.74, 6) is -1.51. The third kappa shape index (κ3) is 2.56. The SMILES string of the molecule is O=C(O)C(Br)P(=O)(O)OCl. The quantitative estimate of drug-likeness (QED) is 0.582. The number of carboxylic acids is 1. The van der Waals surface area contributed by atoms with Crippen LogP contribution in [0.4, 0.5) is 0 Å². The van der Waals surface area contributed by atoms with Crippen LogP contribution in [0.2, 0.25) is 0 Å². The fourth-order valence-corrected chi connectivity index (χ4v) is 1.30. The normalized spacial score (nSPS) is 19.5. The second-order valence-electron chi connectivity index (χ2n) is 1.31. The molecule has 0 rings (SSSR count). The molecule has 2 N–H and O–H groups in total. The molecule has 10 heavy (non-hydrogen) atoms. The molecule has 2 atom stereocenters. The molecule has 0 radical (unpaired) electrons. The zero-order valence-electron chi connectivity index (χ0n) is 4.40. The highest BCUT2D eigenvalue weighted by Gasteiger charge is 2.36. The lowest BCUT2D eigenvalue weighted by Gasteiger charge is -2.07. The van der Waals surface area contributed by atoms with Gasteiger partial charge in [0.05, 0.1) is 11.9 Å². The van der Waals surface area contributed by atoms with Gasteiger partial charge in [0.25, 0.3) is 0 Å². The van der Waals surface area contributed by atoms with Gasteiger partial charge < -0.3 is 10.00 Å². The van der Waals surface area contributed by atoms with Gasteiger partial charge in [0.1, 0.15) is 0 Å². The van der Waals surface area contributed by atoms with Crippen molar-refractivity contribution in [1.29, 1.82) is 0 Å². The van der Waals surface area contributed by atoms with E-state index in [0.717, 1.165) is 0 Å². The maximum Gasteiger partial charge on any atom is 0.369 e. The molecule has 0 bridgehead atoms. The fourth-order valence-electron chi connectivity index (χ4n) is 0.175. The van der Waals surface area contributed by atoms with E-state index in [9.17, 15) is 9.36 Å². The van der Waals surface area contributed by atoms with Crippen LogP contribution in [0.15, 0.2) is 0 Å². The standard InChI is InChI=1S/C2H3BrClO5P/c3-1(2(5)6)10(7,8)9-4/h1H,(H,5,6)(H,7,8). The topological polar surface area (TPSA) is 83.8 Å². The molecule has 0 fully saturated rings. The first kappa shape index (κ1) is 10.4. The van der Waals surface area contributed by atoms with Gasteiger partial charge in [-0.15, -0.1) is 0 Å².